The number of methoxy groups -OCH3 is 3. The highest BCUT2D eigenvalue weighted by molar-refractivity contribution is 5.84. The molecule has 27 heavy (non-hydrogen) atoms. The lowest BCUT2D eigenvalue weighted by molar-refractivity contribution is -0.394. The van der Waals surface area contributed by atoms with E-state index in [2.05, 4.69) is 15.2 Å². The second-order valence-corrected chi connectivity index (χ2v) is 5.12. The monoisotopic (exact) mass is 378 g/mol. The molecule has 0 aliphatic carbocycles. The van der Waals surface area contributed by atoms with E-state index in [1.165, 1.54) is 34.6 Å². The van der Waals surface area contributed by atoms with Crippen LogP contribution in [-0.2, 0) is 11.3 Å². The van der Waals surface area contributed by atoms with Crippen LogP contribution in [0, 0.1) is 10.1 Å². The van der Waals surface area contributed by atoms with Crippen LogP contribution in [0.5, 0.6) is 17.2 Å². The van der Waals surface area contributed by atoms with Crippen LogP contribution in [0.2, 0.25) is 0 Å². The number of hydrogen-bond donors (Lipinski definition) is 0. The van der Waals surface area contributed by atoms with E-state index in [4.69, 9.17) is 14.2 Å². The summed E-state index contributed by atoms with van der Waals surface area (Å²) in [5.74, 6) is 0.309. The zero-order valence-corrected chi connectivity index (χ0v) is 15.1. The minimum absolute atomic E-state index is 0.246. The molecule has 2 rings (SSSR count). The van der Waals surface area contributed by atoms with Crippen LogP contribution in [0.3, 0.4) is 0 Å². The van der Waals surface area contributed by atoms with Crippen LogP contribution in [0.1, 0.15) is 5.56 Å². The van der Waals surface area contributed by atoms with Crippen LogP contribution in [-0.4, -0.2) is 65.2 Å². The smallest absolute Gasteiger partial charge is 0.490 e. The Balaban J connectivity index is 2.11. The molecule has 1 amide bonds. The number of carbonyl (C=O) groups is 1. The molecule has 0 atom stereocenters. The van der Waals surface area contributed by atoms with Gasteiger partial charge in [0.2, 0.25) is 12.1 Å². The first kappa shape index (κ1) is 19.6. The van der Waals surface area contributed by atoms with E-state index in [0.29, 0.717) is 22.8 Å². The molecule has 0 aliphatic rings. The first-order valence-electron chi connectivity index (χ1n) is 7.54. The second kappa shape index (κ2) is 8.60. The van der Waals surface area contributed by atoms with Crippen molar-refractivity contribution in [2.45, 2.75) is 6.54 Å². The Bertz CT molecular complexity index is 839. The van der Waals surface area contributed by atoms with E-state index in [9.17, 15) is 14.9 Å². The van der Waals surface area contributed by atoms with Crippen molar-refractivity contribution >= 4 is 18.1 Å². The standard InChI is InChI=1S/C15H18N6O6/c1-19(13(22)8-20-9-16-15(18-20)21(23)24)17-7-10-5-11(25-2)14(27-4)12(6-10)26-3/h5-7,9H,8H2,1-4H3. The number of hydrazone groups is 1. The van der Waals surface area contributed by atoms with Gasteiger partial charge in [-0.15, -0.1) is 0 Å². The maximum atomic E-state index is 12.1. The van der Waals surface area contributed by atoms with Crippen molar-refractivity contribution in [3.8, 4) is 17.2 Å². The molecule has 0 spiro atoms. The highest BCUT2D eigenvalue weighted by Crippen LogP contribution is 2.37. The summed E-state index contributed by atoms with van der Waals surface area (Å²) in [5, 5.41) is 19.3. The SMILES string of the molecule is COc1cc(C=NN(C)C(=O)Cn2cnc([N+](=O)[O-])n2)cc(OC)c1OC. The van der Waals surface area contributed by atoms with Gasteiger partial charge in [0.15, 0.2) is 11.5 Å². The van der Waals surface area contributed by atoms with Gasteiger partial charge in [-0.05, 0) is 17.1 Å². The average molecular weight is 378 g/mol. The molecular weight excluding hydrogens is 360 g/mol. The molecule has 1 aromatic heterocycles. The van der Waals surface area contributed by atoms with Crippen LogP contribution in [0.15, 0.2) is 23.6 Å². The Morgan fingerprint density at radius 3 is 2.41 bits per heavy atom. The molecule has 144 valence electrons. The predicted molar refractivity (Wildman–Crippen MR) is 93.1 cm³/mol. The number of amides is 1. The molecular formula is C15H18N6O6. The van der Waals surface area contributed by atoms with Gasteiger partial charge in [-0.1, -0.05) is 4.98 Å². The van der Waals surface area contributed by atoms with Crippen molar-refractivity contribution in [3.63, 3.8) is 0 Å². The number of aromatic nitrogens is 3. The number of rotatable bonds is 8. The van der Waals surface area contributed by atoms with Crippen molar-refractivity contribution in [3.05, 3.63) is 34.1 Å². The van der Waals surface area contributed by atoms with Crippen LogP contribution >= 0.6 is 0 Å². The number of hydrogen-bond acceptors (Lipinski definition) is 9. The fourth-order valence-electron chi connectivity index (χ4n) is 2.08. The fraction of sp³-hybridized carbons (Fsp3) is 0.333. The zero-order valence-electron chi connectivity index (χ0n) is 15.1. The van der Waals surface area contributed by atoms with Gasteiger partial charge in [0.05, 0.1) is 27.5 Å². The molecule has 0 bridgehead atoms. The average Bonchev–Trinajstić information content (AvgIpc) is 3.13. The molecule has 12 heteroatoms. The topological polar surface area (TPSA) is 134 Å². The Morgan fingerprint density at radius 2 is 1.93 bits per heavy atom. The molecule has 0 saturated heterocycles. The summed E-state index contributed by atoms with van der Waals surface area (Å²) in [7, 11) is 5.92. The number of benzene rings is 1. The lowest BCUT2D eigenvalue weighted by Crippen LogP contribution is -2.26. The van der Waals surface area contributed by atoms with Crippen LogP contribution < -0.4 is 14.2 Å². The molecule has 0 unspecified atom stereocenters. The largest absolute Gasteiger partial charge is 0.493 e. The third-order valence-corrected chi connectivity index (χ3v) is 3.41. The summed E-state index contributed by atoms with van der Waals surface area (Å²) in [6.07, 6.45) is 2.54. The highest BCUT2D eigenvalue weighted by atomic mass is 16.6. The van der Waals surface area contributed by atoms with E-state index < -0.39 is 16.8 Å². The summed E-state index contributed by atoms with van der Waals surface area (Å²) < 4.78 is 16.8. The van der Waals surface area contributed by atoms with Gasteiger partial charge in [0, 0.05) is 17.7 Å². The van der Waals surface area contributed by atoms with Crippen molar-refractivity contribution < 1.29 is 23.9 Å². The first-order chi connectivity index (χ1) is 12.9. The number of ether oxygens (including phenoxy) is 3. The van der Waals surface area contributed by atoms with Gasteiger partial charge in [0.25, 0.3) is 5.91 Å². The Morgan fingerprint density at radius 1 is 1.30 bits per heavy atom. The lowest BCUT2D eigenvalue weighted by atomic mass is 10.2. The second-order valence-electron chi connectivity index (χ2n) is 5.12. The van der Waals surface area contributed by atoms with Crippen molar-refractivity contribution in [1.82, 2.24) is 19.8 Å². The summed E-state index contributed by atoms with van der Waals surface area (Å²) >= 11 is 0. The maximum Gasteiger partial charge on any atom is 0.490 e. The molecule has 12 nitrogen and oxygen atoms in total. The van der Waals surface area contributed by atoms with Gasteiger partial charge in [0.1, 0.15) is 6.54 Å². The molecule has 0 N–H and O–H groups in total. The molecule has 0 aliphatic heterocycles. The normalized spacial score (nSPS) is 10.7. The molecule has 0 saturated carbocycles. The van der Waals surface area contributed by atoms with E-state index in [-0.39, 0.29) is 6.54 Å². The van der Waals surface area contributed by atoms with Crippen molar-refractivity contribution in [2.75, 3.05) is 28.4 Å². The summed E-state index contributed by atoms with van der Waals surface area (Å²) in [6.45, 7) is -0.246. The predicted octanol–water partition coefficient (Wildman–Crippen LogP) is 0.705. The third-order valence-electron chi connectivity index (χ3n) is 3.41. The maximum absolute atomic E-state index is 12.1. The third kappa shape index (κ3) is 4.68. The van der Waals surface area contributed by atoms with E-state index in [0.717, 1.165) is 16.0 Å². The Hall–Kier alpha value is -3.70. The molecule has 0 radical (unpaired) electrons. The lowest BCUT2D eigenvalue weighted by Gasteiger charge is -2.13. The molecule has 1 heterocycles. The number of likely N-dealkylation sites (N-methyl/N-ethyl adjacent to an activating group) is 1. The van der Waals surface area contributed by atoms with Crippen molar-refractivity contribution in [2.24, 2.45) is 5.10 Å². The minimum atomic E-state index is -0.743. The van der Waals surface area contributed by atoms with Crippen LogP contribution in [0.25, 0.3) is 0 Å². The van der Waals surface area contributed by atoms with Crippen LogP contribution in [0.4, 0.5) is 5.95 Å². The van der Waals surface area contributed by atoms with E-state index >= 15 is 0 Å². The first-order valence-corrected chi connectivity index (χ1v) is 7.54. The minimum Gasteiger partial charge on any atom is -0.493 e. The number of nitrogens with zero attached hydrogens (tertiary/aromatic N) is 6. The summed E-state index contributed by atoms with van der Waals surface area (Å²) in [6, 6.07) is 3.34. The van der Waals surface area contributed by atoms with Gasteiger partial charge < -0.3 is 24.3 Å². The highest BCUT2D eigenvalue weighted by Gasteiger charge is 2.17. The quantitative estimate of drug-likeness (QED) is 0.372. The number of nitro groups is 1. The zero-order chi connectivity index (χ0) is 20.0. The van der Waals surface area contributed by atoms with Crippen molar-refractivity contribution in [1.29, 1.82) is 0 Å². The van der Waals surface area contributed by atoms with Gasteiger partial charge in [-0.25, -0.2) is 5.01 Å². The van der Waals surface area contributed by atoms with Gasteiger partial charge >= 0.3 is 5.95 Å². The number of carbonyl (C=O) groups excluding carboxylic acids is 1. The molecule has 1 aromatic carbocycles. The fourth-order valence-corrected chi connectivity index (χ4v) is 2.08. The van der Waals surface area contributed by atoms with Gasteiger partial charge in [-0.2, -0.15) is 9.78 Å². The Kier molecular flexibility index (Phi) is 6.25. The molecule has 0 fully saturated rings. The Labute approximate surface area is 154 Å². The van der Waals surface area contributed by atoms with Gasteiger partial charge in [-0.3, -0.25) is 4.79 Å². The molecule has 2 aromatic rings. The van der Waals surface area contributed by atoms with E-state index in [1.807, 2.05) is 0 Å². The van der Waals surface area contributed by atoms with E-state index in [1.54, 1.807) is 12.1 Å². The summed E-state index contributed by atoms with van der Waals surface area (Å²) in [4.78, 5) is 25.4. The summed E-state index contributed by atoms with van der Waals surface area (Å²) in [5.41, 5.74) is 0.612.